The lowest BCUT2D eigenvalue weighted by atomic mass is 9.97. The van der Waals surface area contributed by atoms with Gasteiger partial charge in [-0.3, -0.25) is 4.79 Å². The molecule has 14 heavy (non-hydrogen) atoms. The Morgan fingerprint density at radius 3 is 2.50 bits per heavy atom. The second-order valence-electron chi connectivity index (χ2n) is 2.88. The van der Waals surface area contributed by atoms with Gasteiger partial charge in [-0.25, -0.2) is 0 Å². The zero-order valence-electron chi connectivity index (χ0n) is 7.52. The van der Waals surface area contributed by atoms with E-state index in [2.05, 4.69) is 0 Å². The first-order chi connectivity index (χ1) is 6.49. The van der Waals surface area contributed by atoms with Gasteiger partial charge in [0.15, 0.2) is 0 Å². The normalized spacial score (nSPS) is 17.9. The molecule has 0 aliphatic heterocycles. The summed E-state index contributed by atoms with van der Waals surface area (Å²) < 4.78 is 41.4. The van der Waals surface area contributed by atoms with Crippen LogP contribution in [0.4, 0.5) is 13.2 Å². The number of carbonyl (C=O) groups excluding carboxylic acids is 1. The van der Waals surface area contributed by atoms with Gasteiger partial charge in [-0.05, 0) is 18.9 Å². The van der Waals surface area contributed by atoms with Gasteiger partial charge in [-0.1, -0.05) is 0 Å². The van der Waals surface area contributed by atoms with E-state index >= 15 is 0 Å². The van der Waals surface area contributed by atoms with Crippen molar-refractivity contribution in [1.29, 1.82) is 0 Å². The van der Waals surface area contributed by atoms with E-state index in [0.717, 1.165) is 6.08 Å². The monoisotopic (exact) mass is 206 g/mol. The van der Waals surface area contributed by atoms with Gasteiger partial charge in [0.05, 0.1) is 7.11 Å². The van der Waals surface area contributed by atoms with Crippen molar-refractivity contribution in [2.45, 2.75) is 19.0 Å². The maximum Gasteiger partial charge on any atom is 0.412 e. The van der Waals surface area contributed by atoms with Crippen LogP contribution in [-0.2, 0) is 9.53 Å². The Balaban J connectivity index is 3.02. The summed E-state index contributed by atoms with van der Waals surface area (Å²) in [6.07, 6.45) is -3.00. The molecule has 0 fully saturated rings. The Kier molecular flexibility index (Phi) is 2.98. The molecule has 5 heteroatoms. The zero-order valence-corrected chi connectivity index (χ0v) is 7.52. The summed E-state index contributed by atoms with van der Waals surface area (Å²) in [5.74, 6) is 0.0126. The molecule has 1 aliphatic rings. The summed E-state index contributed by atoms with van der Waals surface area (Å²) in [7, 11) is 1.24. The summed E-state index contributed by atoms with van der Waals surface area (Å²) in [6, 6.07) is 0. The van der Waals surface area contributed by atoms with E-state index in [1.54, 1.807) is 0 Å². The van der Waals surface area contributed by atoms with Crippen LogP contribution >= 0.6 is 0 Å². The Morgan fingerprint density at radius 2 is 2.07 bits per heavy atom. The van der Waals surface area contributed by atoms with E-state index < -0.39 is 11.7 Å². The minimum atomic E-state index is -4.34. The van der Waals surface area contributed by atoms with E-state index in [9.17, 15) is 18.0 Å². The molecule has 0 aromatic rings. The zero-order chi connectivity index (χ0) is 10.8. The molecule has 0 heterocycles. The van der Waals surface area contributed by atoms with E-state index in [1.807, 2.05) is 0 Å². The Labute approximate surface area is 79.0 Å². The van der Waals surface area contributed by atoms with Crippen molar-refractivity contribution < 1.29 is 22.7 Å². The second kappa shape index (κ2) is 3.86. The number of ether oxygens (including phenoxy) is 1. The molecule has 0 aromatic heterocycles. The van der Waals surface area contributed by atoms with Crippen LogP contribution in [0.5, 0.6) is 0 Å². The molecular formula is C9H9F3O2. The third-order valence-corrected chi connectivity index (χ3v) is 2.01. The van der Waals surface area contributed by atoms with E-state index in [-0.39, 0.29) is 24.2 Å². The predicted molar refractivity (Wildman–Crippen MR) is 43.5 cm³/mol. The van der Waals surface area contributed by atoms with Crippen molar-refractivity contribution in [2.24, 2.45) is 0 Å². The van der Waals surface area contributed by atoms with Crippen LogP contribution in [0, 0.1) is 0 Å². The molecule has 2 nitrogen and oxygen atoms in total. The standard InChI is InChI=1S/C9H9F3O2/c1-14-8-4-7(9(10,11)12)3-2-6(8)5-13/h4-5H,2-3H2,1H3. The highest BCUT2D eigenvalue weighted by atomic mass is 19.4. The fraction of sp³-hybridized carbons (Fsp3) is 0.444. The first-order valence-electron chi connectivity index (χ1n) is 3.99. The molecule has 0 N–H and O–H groups in total. The van der Waals surface area contributed by atoms with Gasteiger partial charge in [0, 0.05) is 11.1 Å². The van der Waals surface area contributed by atoms with Crippen LogP contribution in [0.1, 0.15) is 12.8 Å². The lowest BCUT2D eigenvalue weighted by molar-refractivity contribution is -0.106. The molecule has 0 spiro atoms. The largest absolute Gasteiger partial charge is 0.496 e. The highest BCUT2D eigenvalue weighted by Crippen LogP contribution is 2.34. The number of allylic oxidation sites excluding steroid dienone is 3. The summed E-state index contributed by atoms with van der Waals surface area (Å²) >= 11 is 0. The predicted octanol–water partition coefficient (Wildman–Crippen LogP) is 2.37. The smallest absolute Gasteiger partial charge is 0.412 e. The molecule has 0 amide bonds. The number of carbonyl (C=O) groups is 1. The number of halogens is 3. The molecule has 78 valence electrons. The highest BCUT2D eigenvalue weighted by Gasteiger charge is 2.35. The van der Waals surface area contributed by atoms with Crippen LogP contribution < -0.4 is 0 Å². The van der Waals surface area contributed by atoms with Crippen LogP contribution in [0.15, 0.2) is 23.0 Å². The Bertz CT molecular complexity index is 300. The SMILES string of the molecule is COC1=C(C=O)CCC(C(F)(F)F)=C1. The van der Waals surface area contributed by atoms with Crippen molar-refractivity contribution in [1.82, 2.24) is 0 Å². The van der Waals surface area contributed by atoms with E-state index in [1.165, 1.54) is 7.11 Å². The van der Waals surface area contributed by atoms with Crippen LogP contribution in [-0.4, -0.2) is 19.6 Å². The average molecular weight is 206 g/mol. The van der Waals surface area contributed by atoms with Gasteiger partial charge < -0.3 is 4.74 Å². The van der Waals surface area contributed by atoms with Gasteiger partial charge in [-0.15, -0.1) is 0 Å². The van der Waals surface area contributed by atoms with Crippen LogP contribution in [0.2, 0.25) is 0 Å². The number of alkyl halides is 3. The topological polar surface area (TPSA) is 26.3 Å². The van der Waals surface area contributed by atoms with Crippen LogP contribution in [0.3, 0.4) is 0 Å². The summed E-state index contributed by atoms with van der Waals surface area (Å²) in [5.41, 5.74) is -0.375. The minimum Gasteiger partial charge on any atom is -0.496 e. The van der Waals surface area contributed by atoms with Crippen molar-refractivity contribution >= 4 is 6.29 Å². The van der Waals surface area contributed by atoms with Gasteiger partial charge in [0.2, 0.25) is 0 Å². The third kappa shape index (κ3) is 2.16. The molecule has 0 radical (unpaired) electrons. The van der Waals surface area contributed by atoms with Gasteiger partial charge in [0.1, 0.15) is 12.0 Å². The van der Waals surface area contributed by atoms with Crippen molar-refractivity contribution in [2.75, 3.05) is 7.11 Å². The number of hydrogen-bond donors (Lipinski definition) is 0. The third-order valence-electron chi connectivity index (χ3n) is 2.01. The molecule has 1 aliphatic carbocycles. The first kappa shape index (κ1) is 10.8. The first-order valence-corrected chi connectivity index (χ1v) is 3.99. The van der Waals surface area contributed by atoms with Crippen molar-refractivity contribution in [3.63, 3.8) is 0 Å². The number of rotatable bonds is 2. The Morgan fingerprint density at radius 1 is 1.43 bits per heavy atom. The summed E-state index contributed by atoms with van der Waals surface area (Å²) in [4.78, 5) is 10.4. The van der Waals surface area contributed by atoms with Gasteiger partial charge >= 0.3 is 6.18 Å². The number of methoxy groups -OCH3 is 1. The summed E-state index contributed by atoms with van der Waals surface area (Å²) in [6.45, 7) is 0. The molecular weight excluding hydrogens is 197 g/mol. The highest BCUT2D eigenvalue weighted by molar-refractivity contribution is 5.75. The van der Waals surface area contributed by atoms with Gasteiger partial charge in [-0.2, -0.15) is 13.2 Å². The fourth-order valence-electron chi connectivity index (χ4n) is 1.25. The minimum absolute atomic E-state index is 0.0126. The fourth-order valence-corrected chi connectivity index (χ4v) is 1.25. The summed E-state index contributed by atoms with van der Waals surface area (Å²) in [5, 5.41) is 0. The molecule has 0 bridgehead atoms. The number of aldehydes is 1. The second-order valence-corrected chi connectivity index (χ2v) is 2.88. The molecule has 0 saturated heterocycles. The average Bonchev–Trinajstić information content (AvgIpc) is 2.15. The van der Waals surface area contributed by atoms with Crippen molar-refractivity contribution in [3.8, 4) is 0 Å². The molecule has 0 aromatic carbocycles. The molecule has 0 atom stereocenters. The lowest BCUT2D eigenvalue weighted by Gasteiger charge is -2.18. The van der Waals surface area contributed by atoms with E-state index in [4.69, 9.17) is 4.74 Å². The van der Waals surface area contributed by atoms with Crippen LogP contribution in [0.25, 0.3) is 0 Å². The molecule has 0 unspecified atom stereocenters. The van der Waals surface area contributed by atoms with Crippen molar-refractivity contribution in [3.05, 3.63) is 23.0 Å². The van der Waals surface area contributed by atoms with E-state index in [0.29, 0.717) is 6.29 Å². The van der Waals surface area contributed by atoms with Gasteiger partial charge in [0.25, 0.3) is 0 Å². The Hall–Kier alpha value is -1.26. The quantitative estimate of drug-likeness (QED) is 0.648. The molecule has 0 saturated carbocycles. The molecule has 1 rings (SSSR count). The maximum atomic E-state index is 12.2. The maximum absolute atomic E-state index is 12.2. The lowest BCUT2D eigenvalue weighted by Crippen LogP contribution is -2.16. The number of hydrogen-bond acceptors (Lipinski definition) is 2.